The van der Waals surface area contributed by atoms with E-state index in [0.29, 0.717) is 0 Å². The summed E-state index contributed by atoms with van der Waals surface area (Å²) in [6.45, 7) is 0. The molecular weight excluding hydrogens is 89.2 g/mol. The van der Waals surface area contributed by atoms with Crippen molar-refractivity contribution in [3.05, 3.63) is 0 Å². The standard InChI is InChI=1S/FH.H3N.H4Si.Si/h1H;1H3;1H4;. The molecule has 0 bridgehead atoms. The molecule has 3 N–H and O–H groups in total. The second kappa shape index (κ2) is 171. The second-order valence-electron chi connectivity index (χ2n) is 0. The van der Waals surface area contributed by atoms with Crippen molar-refractivity contribution < 1.29 is 4.70 Å². The highest BCUT2D eigenvalue weighted by Gasteiger charge is 0.0000746. The first-order valence-corrected chi connectivity index (χ1v) is 0. The van der Waals surface area contributed by atoms with E-state index in [2.05, 4.69) is 0 Å². The molecular formula is H8FNSi2. The molecule has 28 valence electrons. The molecule has 0 saturated carbocycles. The third-order valence-corrected chi connectivity index (χ3v) is 0. The van der Waals surface area contributed by atoms with E-state index in [1.807, 2.05) is 0 Å². The summed E-state index contributed by atoms with van der Waals surface area (Å²) in [4.78, 5) is 0. The van der Waals surface area contributed by atoms with Crippen molar-refractivity contribution in [1.82, 2.24) is 6.15 Å². The minimum Gasteiger partial charge on any atom is -0.344 e. The number of hydrogen-bond acceptors (Lipinski definition) is 1. The molecule has 0 unspecified atom stereocenters. The predicted octanol–water partition coefficient (Wildman–Crippen LogP) is -1.52. The van der Waals surface area contributed by atoms with Crippen molar-refractivity contribution in [2.24, 2.45) is 0 Å². The van der Waals surface area contributed by atoms with Crippen LogP contribution in [-0.2, 0) is 0 Å². The van der Waals surface area contributed by atoms with Gasteiger partial charge in [-0.15, -0.1) is 0 Å². The predicted molar refractivity (Wildman–Crippen MR) is 24.6 cm³/mol. The topological polar surface area (TPSA) is 35.0 Å². The fourth-order valence-corrected chi connectivity index (χ4v) is 0. The minimum atomic E-state index is 0. The Morgan fingerprint density at radius 2 is 1.00 bits per heavy atom. The molecule has 0 saturated heterocycles. The van der Waals surface area contributed by atoms with Gasteiger partial charge in [-0.2, -0.15) is 0 Å². The molecule has 4 heteroatoms. The summed E-state index contributed by atoms with van der Waals surface area (Å²) < 4.78 is 0. The highest BCUT2D eigenvalue weighted by Crippen LogP contribution is 0.420. The first kappa shape index (κ1) is 456. The lowest BCUT2D eigenvalue weighted by atomic mass is 14.0. The van der Waals surface area contributed by atoms with Gasteiger partial charge in [0.2, 0.25) is 0 Å². The van der Waals surface area contributed by atoms with Crippen LogP contribution in [0.15, 0.2) is 0 Å². The Labute approximate surface area is 33.8 Å². The highest BCUT2D eigenvalue weighted by molar-refractivity contribution is 5.76. The normalized spacial score (nSPS) is 0. The summed E-state index contributed by atoms with van der Waals surface area (Å²) in [6.07, 6.45) is 0. The van der Waals surface area contributed by atoms with Gasteiger partial charge in [0.15, 0.2) is 0 Å². The molecule has 0 aliphatic heterocycles. The van der Waals surface area contributed by atoms with Crippen molar-refractivity contribution in [2.45, 2.75) is 0 Å². The SMILES string of the molecule is F.N.[SiH4].[Si]. The van der Waals surface area contributed by atoms with Crippen molar-refractivity contribution in [3.8, 4) is 0 Å². The molecule has 0 aromatic rings. The van der Waals surface area contributed by atoms with Crippen LogP contribution >= 0.6 is 0 Å². The molecule has 4 heavy (non-hydrogen) atoms. The van der Waals surface area contributed by atoms with Crippen molar-refractivity contribution >= 4 is 21.9 Å². The zero-order valence-corrected chi connectivity index (χ0v) is 2.62. The zero-order valence-electron chi connectivity index (χ0n) is 1.62. The van der Waals surface area contributed by atoms with Crippen molar-refractivity contribution in [2.75, 3.05) is 0 Å². The lowest BCUT2D eigenvalue weighted by Gasteiger charge is -0.344. The van der Waals surface area contributed by atoms with Gasteiger partial charge in [-0.1, -0.05) is 0 Å². The average Bonchev–Trinajstić information content (AvgIpc) is 0. The molecule has 0 aliphatic carbocycles. The fraction of sp³-hybridized carbons (Fsp3) is 0. The van der Waals surface area contributed by atoms with Crippen LogP contribution in [0.5, 0.6) is 0 Å². The third-order valence-electron chi connectivity index (χ3n) is 0. The summed E-state index contributed by atoms with van der Waals surface area (Å²) in [6, 6.07) is 0. The summed E-state index contributed by atoms with van der Waals surface area (Å²) in [5.41, 5.74) is 0. The Hall–Kier alpha value is 0.324. The van der Waals surface area contributed by atoms with Gasteiger partial charge in [0, 0.05) is 11.0 Å². The van der Waals surface area contributed by atoms with Crippen LogP contribution in [0.25, 0.3) is 0 Å². The molecule has 0 spiro atoms. The third kappa shape index (κ3) is 38.8. The van der Waals surface area contributed by atoms with Gasteiger partial charge in [-0.05, 0) is 11.0 Å². The van der Waals surface area contributed by atoms with Gasteiger partial charge < -0.3 is 6.15 Å². The molecule has 0 amide bonds. The number of halogens is 1. The van der Waals surface area contributed by atoms with E-state index in [4.69, 9.17) is 0 Å². The molecule has 0 aromatic carbocycles. The smallest absolute Gasteiger partial charge is 0 e. The first-order valence-electron chi connectivity index (χ1n) is 0. The molecule has 0 rings (SSSR count). The maximum atomic E-state index is 0. The maximum Gasteiger partial charge on any atom is 0 e. The van der Waals surface area contributed by atoms with E-state index in [1.54, 1.807) is 0 Å². The molecule has 4 radical (unpaired) electrons. The van der Waals surface area contributed by atoms with Crippen molar-refractivity contribution in [3.63, 3.8) is 0 Å². The van der Waals surface area contributed by atoms with E-state index < -0.39 is 0 Å². The largest absolute Gasteiger partial charge is 0.344 e. The van der Waals surface area contributed by atoms with E-state index in [9.17, 15) is 0 Å². The van der Waals surface area contributed by atoms with Crippen LogP contribution in [-0.4, -0.2) is 21.9 Å². The van der Waals surface area contributed by atoms with E-state index in [-0.39, 0.29) is 32.8 Å². The van der Waals surface area contributed by atoms with Gasteiger partial charge in [-0.25, -0.2) is 0 Å². The molecule has 0 heterocycles. The summed E-state index contributed by atoms with van der Waals surface area (Å²) in [7, 11) is 0. The van der Waals surface area contributed by atoms with Gasteiger partial charge >= 0.3 is 0 Å². The maximum absolute atomic E-state index is 0. The quantitative estimate of drug-likeness (QED) is 0.366. The number of rotatable bonds is 0. The Kier molecular flexibility index (Phi) is 19500. The minimum absolute atomic E-state index is 0. The van der Waals surface area contributed by atoms with Crippen LogP contribution in [0, 0.1) is 0 Å². The fourth-order valence-electron chi connectivity index (χ4n) is 0. The molecule has 0 aromatic heterocycles. The lowest BCUT2D eigenvalue weighted by Crippen LogP contribution is -0.481. The monoisotopic (exact) mass is 97.0 g/mol. The molecule has 1 nitrogen and oxygen atoms in total. The highest BCUT2D eigenvalue weighted by atomic mass is 28.1. The molecule has 0 aliphatic rings. The van der Waals surface area contributed by atoms with Crippen LogP contribution < -0.4 is 6.15 Å². The Balaban J connectivity index is 0. The number of hydrogen-bond donors (Lipinski definition) is 1. The Morgan fingerprint density at radius 3 is 1.00 bits per heavy atom. The summed E-state index contributed by atoms with van der Waals surface area (Å²) in [5, 5.41) is 0. The summed E-state index contributed by atoms with van der Waals surface area (Å²) in [5.74, 6) is 0. The van der Waals surface area contributed by atoms with E-state index >= 15 is 0 Å². The van der Waals surface area contributed by atoms with Gasteiger partial charge in [0.25, 0.3) is 0 Å². The van der Waals surface area contributed by atoms with Crippen LogP contribution in [0.1, 0.15) is 0 Å². The van der Waals surface area contributed by atoms with Gasteiger partial charge in [-0.3, -0.25) is 4.70 Å². The summed E-state index contributed by atoms with van der Waals surface area (Å²) >= 11 is 0. The Bertz CT molecular complexity index is 6.00. The van der Waals surface area contributed by atoms with Crippen LogP contribution in [0.2, 0.25) is 0 Å². The second-order valence-corrected chi connectivity index (χ2v) is 0. The van der Waals surface area contributed by atoms with Crippen LogP contribution in [0.3, 0.4) is 0 Å². The molecule has 0 atom stereocenters. The zero-order chi connectivity index (χ0) is 0. The van der Waals surface area contributed by atoms with Gasteiger partial charge in [0.1, 0.15) is 0 Å². The van der Waals surface area contributed by atoms with E-state index in [1.165, 1.54) is 0 Å². The molecule has 0 fully saturated rings. The van der Waals surface area contributed by atoms with Crippen LogP contribution in [0.4, 0.5) is 4.70 Å². The van der Waals surface area contributed by atoms with E-state index in [0.717, 1.165) is 0 Å². The first-order chi connectivity index (χ1) is 0. The van der Waals surface area contributed by atoms with Gasteiger partial charge in [0.05, 0.1) is 0 Å². The van der Waals surface area contributed by atoms with Crippen molar-refractivity contribution in [1.29, 1.82) is 0 Å². The lowest BCUT2D eigenvalue weighted by molar-refractivity contribution is 1.11. The Morgan fingerprint density at radius 1 is 1.00 bits per heavy atom. The average molecular weight is 97.2 g/mol.